The lowest BCUT2D eigenvalue weighted by Gasteiger charge is -2.32. The Kier molecular flexibility index (Phi) is 1.54. The molecule has 0 amide bonds. The lowest BCUT2D eigenvalue weighted by atomic mass is 9.85. The number of nitrogens with zero attached hydrogens (tertiary/aromatic N) is 1. The van der Waals surface area contributed by atoms with Gasteiger partial charge in [-0.25, -0.2) is 4.98 Å². The fourth-order valence-corrected chi connectivity index (χ4v) is 2.53. The first-order chi connectivity index (χ1) is 14.7. The van der Waals surface area contributed by atoms with Crippen LogP contribution in [0.25, 0.3) is 0 Å². The minimum Gasteiger partial charge on any atom is -0.399 e. The molecule has 2 heterocycles. The summed E-state index contributed by atoms with van der Waals surface area (Å²) < 4.78 is 121. The van der Waals surface area contributed by atoms with Crippen LogP contribution < -0.4 is 4.78 Å². The van der Waals surface area contributed by atoms with Gasteiger partial charge in [0.2, 0.25) is 0 Å². The Bertz CT molecular complexity index is 903. The zero-order valence-electron chi connectivity index (χ0n) is 25.7. The van der Waals surface area contributed by atoms with E-state index in [1.807, 2.05) is 0 Å². The van der Waals surface area contributed by atoms with Crippen molar-refractivity contribution in [3.8, 4) is 0 Å². The molecule has 0 atom stereocenters. The molecule has 5 heteroatoms. The molecule has 0 unspecified atom stereocenters. The van der Waals surface area contributed by atoms with E-state index < -0.39 is 68.2 Å². The molecular formula is C15H26BNO2S. The summed E-state index contributed by atoms with van der Waals surface area (Å²) >= 11 is 0.314. The lowest BCUT2D eigenvalue weighted by molar-refractivity contribution is 0.00578. The van der Waals surface area contributed by atoms with E-state index in [2.05, 4.69) is 4.98 Å². The van der Waals surface area contributed by atoms with Gasteiger partial charge in [0, 0.05) is 25.1 Å². The highest BCUT2D eigenvalue weighted by molar-refractivity contribution is 7.22. The van der Waals surface area contributed by atoms with E-state index in [9.17, 15) is 0 Å². The summed E-state index contributed by atoms with van der Waals surface area (Å²) in [6.45, 7) is -3.74. The monoisotopic (exact) mass is 309 g/mol. The molecular weight excluding hydrogens is 269 g/mol. The van der Waals surface area contributed by atoms with Crippen molar-refractivity contribution >= 4 is 23.2 Å². The standard InChI is InChI=1S/C15H26BNO2S/c1-8-9-11-12(20-13(17-11)10(2)3)16-18-14(4,5)15(6,7)19-16/h10H,8-9H2,1-7H3/i1D3,2D3,3D3,8D2,9D2,10D. The average molecular weight is 309 g/mol. The highest BCUT2D eigenvalue weighted by atomic mass is 32.1. The van der Waals surface area contributed by atoms with Gasteiger partial charge in [-0.3, -0.25) is 0 Å². The maximum absolute atomic E-state index is 8.40. The van der Waals surface area contributed by atoms with E-state index in [1.54, 1.807) is 27.7 Å². The van der Waals surface area contributed by atoms with E-state index in [1.165, 1.54) is 0 Å². The van der Waals surface area contributed by atoms with Gasteiger partial charge in [-0.2, -0.15) is 0 Å². The summed E-state index contributed by atoms with van der Waals surface area (Å²) in [5, 5.41) is -0.863. The predicted octanol–water partition coefficient (Wildman–Crippen LogP) is 3.52. The number of aryl methyl sites for hydroxylation is 1. The molecule has 1 aromatic heterocycles. The predicted molar refractivity (Wildman–Crippen MR) is 85.9 cm³/mol. The molecule has 1 aliphatic heterocycles. The van der Waals surface area contributed by atoms with Crippen LogP contribution in [-0.2, 0) is 15.7 Å². The number of aromatic nitrogens is 1. The Balaban J connectivity index is 2.89. The number of thiazole rings is 1. The van der Waals surface area contributed by atoms with Crippen LogP contribution in [0.15, 0.2) is 0 Å². The van der Waals surface area contributed by atoms with Gasteiger partial charge in [0.15, 0.2) is 0 Å². The van der Waals surface area contributed by atoms with Crippen molar-refractivity contribution in [1.82, 2.24) is 4.98 Å². The summed E-state index contributed by atoms with van der Waals surface area (Å²) in [6, 6.07) is 0. The molecule has 0 radical (unpaired) electrons. The molecule has 3 nitrogen and oxygen atoms in total. The van der Waals surface area contributed by atoms with Crippen molar-refractivity contribution in [2.24, 2.45) is 0 Å². The number of hydrogen-bond acceptors (Lipinski definition) is 4. The molecule has 0 saturated carbocycles. The molecule has 112 valence electrons. The summed E-state index contributed by atoms with van der Waals surface area (Å²) in [7, 11) is -1.45. The first-order valence-corrected chi connectivity index (χ1v) is 6.84. The second kappa shape index (κ2) is 5.43. The van der Waals surface area contributed by atoms with E-state index in [-0.39, 0.29) is 4.78 Å². The summed E-state index contributed by atoms with van der Waals surface area (Å²) in [5.74, 6) is -3.32. The zero-order chi connectivity index (χ0) is 27.1. The van der Waals surface area contributed by atoms with Gasteiger partial charge >= 0.3 is 7.12 Å². The highest BCUT2D eigenvalue weighted by Crippen LogP contribution is 2.37. The molecule has 0 bridgehead atoms. The minimum atomic E-state index is -3.53. The Hall–Kier alpha value is -0.385. The van der Waals surface area contributed by atoms with Crippen molar-refractivity contribution in [3.05, 3.63) is 10.7 Å². The quantitative estimate of drug-likeness (QED) is 0.798. The maximum Gasteiger partial charge on any atom is 0.507 e. The molecule has 1 saturated heterocycles. The van der Waals surface area contributed by atoms with Gasteiger partial charge < -0.3 is 9.31 Å². The SMILES string of the molecule is [2H]C([2H])([2H])C([2H])([2H])C([2H])([2H])c1nc(C([2H])(C([2H])([2H])[2H])C([2H])([2H])[2H])sc1B1OC(C)(C)C(C)(C)O1. The second-order valence-electron chi connectivity index (χ2n) is 5.45. The normalized spacial score (nSPS) is 35.1. The van der Waals surface area contributed by atoms with Crippen LogP contribution in [0.5, 0.6) is 0 Å². The van der Waals surface area contributed by atoms with Crippen LogP contribution in [0.3, 0.4) is 0 Å². The van der Waals surface area contributed by atoms with Crippen molar-refractivity contribution in [2.45, 2.75) is 78.1 Å². The number of rotatable bonds is 4. The third-order valence-corrected chi connectivity index (χ3v) is 4.61. The maximum atomic E-state index is 8.40. The van der Waals surface area contributed by atoms with Crippen molar-refractivity contribution in [1.29, 1.82) is 0 Å². The third-order valence-electron chi connectivity index (χ3n) is 3.52. The van der Waals surface area contributed by atoms with Gasteiger partial charge in [-0.15, -0.1) is 11.3 Å². The fraction of sp³-hybridized carbons (Fsp3) is 0.800. The van der Waals surface area contributed by atoms with Gasteiger partial charge in [0.1, 0.15) is 0 Å². The second-order valence-corrected chi connectivity index (χ2v) is 6.48. The van der Waals surface area contributed by atoms with Gasteiger partial charge in [0.05, 0.1) is 26.7 Å². The van der Waals surface area contributed by atoms with E-state index in [0.29, 0.717) is 11.3 Å². The van der Waals surface area contributed by atoms with Gasteiger partial charge in [-0.1, -0.05) is 26.9 Å². The molecule has 1 aromatic rings. The van der Waals surface area contributed by atoms with Crippen molar-refractivity contribution in [3.63, 3.8) is 0 Å². The summed E-state index contributed by atoms with van der Waals surface area (Å²) in [4.78, 5) is 3.79. The largest absolute Gasteiger partial charge is 0.507 e. The Labute approximate surface area is 146 Å². The minimum absolute atomic E-state index is 0.314. The molecule has 20 heavy (non-hydrogen) atoms. The zero-order valence-corrected chi connectivity index (χ0v) is 12.6. The molecule has 1 aliphatic rings. The van der Waals surface area contributed by atoms with Crippen molar-refractivity contribution in [2.75, 3.05) is 0 Å². The van der Waals surface area contributed by atoms with Crippen LogP contribution in [-0.4, -0.2) is 23.3 Å². The summed E-state index contributed by atoms with van der Waals surface area (Å²) in [6.07, 6.45) is -6.91. The topological polar surface area (TPSA) is 31.4 Å². The fourth-order valence-electron chi connectivity index (χ4n) is 1.70. The van der Waals surface area contributed by atoms with E-state index in [4.69, 9.17) is 28.5 Å². The number of hydrogen-bond donors (Lipinski definition) is 0. The third kappa shape index (κ3) is 2.81. The smallest absolute Gasteiger partial charge is 0.399 e. The Morgan fingerprint density at radius 3 is 2.55 bits per heavy atom. The first kappa shape index (κ1) is 5.67. The van der Waals surface area contributed by atoms with Gasteiger partial charge in [-0.05, 0) is 34.1 Å². The molecule has 2 rings (SSSR count). The molecule has 0 spiro atoms. The first-order valence-electron chi connectivity index (χ1n) is 13.0. The summed E-state index contributed by atoms with van der Waals surface area (Å²) in [5.41, 5.74) is -2.86. The van der Waals surface area contributed by atoms with Crippen LogP contribution in [0.1, 0.15) is 90.4 Å². The van der Waals surface area contributed by atoms with Crippen LogP contribution in [0.2, 0.25) is 0 Å². The Morgan fingerprint density at radius 2 is 2.00 bits per heavy atom. The molecule has 0 aliphatic carbocycles. The van der Waals surface area contributed by atoms with Crippen LogP contribution >= 0.6 is 11.3 Å². The van der Waals surface area contributed by atoms with Crippen LogP contribution in [0.4, 0.5) is 0 Å². The highest BCUT2D eigenvalue weighted by Gasteiger charge is 2.53. The van der Waals surface area contributed by atoms with Crippen molar-refractivity contribution < 1.29 is 28.5 Å². The van der Waals surface area contributed by atoms with E-state index in [0.717, 1.165) is 0 Å². The Morgan fingerprint density at radius 1 is 1.35 bits per heavy atom. The van der Waals surface area contributed by atoms with Crippen LogP contribution in [0, 0.1) is 0 Å². The lowest BCUT2D eigenvalue weighted by Crippen LogP contribution is -2.41. The average Bonchev–Trinajstić information content (AvgIpc) is 3.10. The molecule has 0 aromatic carbocycles. The molecule has 0 N–H and O–H groups in total. The molecule has 1 fully saturated rings. The van der Waals surface area contributed by atoms with E-state index >= 15 is 0 Å². The van der Waals surface area contributed by atoms with Gasteiger partial charge in [0.25, 0.3) is 0 Å².